The van der Waals surface area contributed by atoms with E-state index in [2.05, 4.69) is 0 Å². The number of aliphatic hydroxyl groups excluding tert-OH is 1. The van der Waals surface area contributed by atoms with Crippen molar-refractivity contribution in [3.8, 4) is 17.2 Å². The van der Waals surface area contributed by atoms with Gasteiger partial charge in [0.1, 0.15) is 5.75 Å². The van der Waals surface area contributed by atoms with Gasteiger partial charge in [0.25, 0.3) is 5.91 Å². The molecule has 1 saturated carbocycles. The molecule has 0 unspecified atom stereocenters. The maximum atomic E-state index is 13.1. The second kappa shape index (κ2) is 7.32. The lowest BCUT2D eigenvalue weighted by Gasteiger charge is -2.56. The number of rotatable bonds is 5. The molecule has 7 nitrogen and oxygen atoms in total. The molecule has 3 rings (SSSR count). The normalized spacial score (nSPS) is 24.1. The predicted molar refractivity (Wildman–Crippen MR) is 95.1 cm³/mol. The molecule has 1 aliphatic heterocycles. The molecule has 2 fully saturated rings. The van der Waals surface area contributed by atoms with Gasteiger partial charge in [-0.1, -0.05) is 0 Å². The fourth-order valence-electron chi connectivity index (χ4n) is 4.21. The van der Waals surface area contributed by atoms with Crippen molar-refractivity contribution < 1.29 is 28.8 Å². The summed E-state index contributed by atoms with van der Waals surface area (Å²) in [6.45, 7) is 1.15. The highest BCUT2D eigenvalue weighted by Crippen LogP contribution is 2.51. The third-order valence-electron chi connectivity index (χ3n) is 5.94. The minimum atomic E-state index is -0.347. The standard InChI is InChI=1S/C19H27NO6/c1-23-13-10-15(25-3)14(24-2)9-12(13)18(22)20-7-5-19(6-8-20)16(21)11-17(19)26-4/h9-10,16-17,21H,5-8,11H2,1-4H3/t16-,17+/m1/s1. The first-order valence-corrected chi connectivity index (χ1v) is 8.81. The summed E-state index contributed by atoms with van der Waals surface area (Å²) in [4.78, 5) is 14.9. The number of piperidine rings is 1. The van der Waals surface area contributed by atoms with Crippen molar-refractivity contribution in [1.82, 2.24) is 4.90 Å². The first kappa shape index (κ1) is 18.8. The van der Waals surface area contributed by atoms with Crippen LogP contribution in [0.3, 0.4) is 0 Å². The molecule has 0 bridgehead atoms. The molecule has 1 spiro atoms. The van der Waals surface area contributed by atoms with Gasteiger partial charge in [0.15, 0.2) is 11.5 Å². The largest absolute Gasteiger partial charge is 0.496 e. The molecule has 0 radical (unpaired) electrons. The zero-order valence-electron chi connectivity index (χ0n) is 15.8. The number of aliphatic hydroxyl groups is 1. The van der Waals surface area contributed by atoms with E-state index in [1.54, 1.807) is 31.3 Å². The summed E-state index contributed by atoms with van der Waals surface area (Å²) in [5.41, 5.74) is 0.228. The highest BCUT2D eigenvalue weighted by Gasteiger charge is 2.56. The van der Waals surface area contributed by atoms with E-state index in [4.69, 9.17) is 18.9 Å². The van der Waals surface area contributed by atoms with Crippen molar-refractivity contribution >= 4 is 5.91 Å². The van der Waals surface area contributed by atoms with Gasteiger partial charge in [0, 0.05) is 44.2 Å². The van der Waals surface area contributed by atoms with E-state index < -0.39 is 0 Å². The van der Waals surface area contributed by atoms with E-state index in [9.17, 15) is 9.90 Å². The monoisotopic (exact) mass is 365 g/mol. The van der Waals surface area contributed by atoms with Crippen LogP contribution in [-0.2, 0) is 4.74 Å². The van der Waals surface area contributed by atoms with Crippen LogP contribution in [0.1, 0.15) is 29.6 Å². The Balaban J connectivity index is 1.78. The van der Waals surface area contributed by atoms with Crippen molar-refractivity contribution in [2.45, 2.75) is 31.5 Å². The van der Waals surface area contributed by atoms with Crippen LogP contribution < -0.4 is 14.2 Å². The quantitative estimate of drug-likeness (QED) is 0.856. The number of methoxy groups -OCH3 is 4. The maximum Gasteiger partial charge on any atom is 0.257 e. The summed E-state index contributed by atoms with van der Waals surface area (Å²) in [6, 6.07) is 3.31. The van der Waals surface area contributed by atoms with E-state index >= 15 is 0 Å². The molecule has 26 heavy (non-hydrogen) atoms. The zero-order chi connectivity index (χ0) is 18.9. The molecule has 7 heteroatoms. The Morgan fingerprint density at radius 2 is 1.62 bits per heavy atom. The third kappa shape index (κ3) is 2.89. The molecule has 0 aromatic heterocycles. The van der Waals surface area contributed by atoms with Crippen LogP contribution in [0.25, 0.3) is 0 Å². The van der Waals surface area contributed by atoms with Gasteiger partial charge in [-0.2, -0.15) is 0 Å². The second-order valence-corrected chi connectivity index (χ2v) is 6.91. The Morgan fingerprint density at radius 1 is 1.04 bits per heavy atom. The van der Waals surface area contributed by atoms with Gasteiger partial charge in [-0.3, -0.25) is 4.79 Å². The van der Waals surface area contributed by atoms with Crippen LogP contribution in [0, 0.1) is 5.41 Å². The van der Waals surface area contributed by atoms with Crippen LogP contribution in [-0.4, -0.2) is 69.7 Å². The van der Waals surface area contributed by atoms with Gasteiger partial charge >= 0.3 is 0 Å². The van der Waals surface area contributed by atoms with E-state index in [1.807, 2.05) is 0 Å². The molecule has 2 atom stereocenters. The number of hydrogen-bond acceptors (Lipinski definition) is 6. The van der Waals surface area contributed by atoms with Crippen LogP contribution in [0.2, 0.25) is 0 Å². The summed E-state index contributed by atoms with van der Waals surface area (Å²) in [5.74, 6) is 1.34. The van der Waals surface area contributed by atoms with Gasteiger partial charge in [-0.05, 0) is 12.8 Å². The molecular formula is C19H27NO6. The fraction of sp³-hybridized carbons (Fsp3) is 0.632. The van der Waals surface area contributed by atoms with E-state index in [0.29, 0.717) is 42.3 Å². The minimum Gasteiger partial charge on any atom is -0.496 e. The lowest BCUT2D eigenvalue weighted by molar-refractivity contribution is -0.199. The number of ether oxygens (including phenoxy) is 4. The van der Waals surface area contributed by atoms with Crippen LogP contribution >= 0.6 is 0 Å². The molecule has 1 saturated heterocycles. The van der Waals surface area contributed by atoms with Crippen LogP contribution in [0.15, 0.2) is 12.1 Å². The first-order chi connectivity index (χ1) is 12.5. The summed E-state index contributed by atoms with van der Waals surface area (Å²) in [7, 11) is 6.28. The minimum absolute atomic E-state index is 0.0744. The van der Waals surface area contributed by atoms with E-state index in [1.165, 1.54) is 14.2 Å². The van der Waals surface area contributed by atoms with Gasteiger partial charge in [0.05, 0.1) is 39.1 Å². The average molecular weight is 365 g/mol. The Kier molecular flexibility index (Phi) is 5.29. The number of carbonyl (C=O) groups is 1. The molecule has 1 aromatic carbocycles. The summed E-state index contributed by atoms with van der Waals surface area (Å²) < 4.78 is 21.5. The molecule has 1 aromatic rings. The fourth-order valence-corrected chi connectivity index (χ4v) is 4.21. The Labute approximate surface area is 153 Å². The predicted octanol–water partition coefficient (Wildman–Crippen LogP) is 1.71. The summed E-state index contributed by atoms with van der Waals surface area (Å²) in [6.07, 6.45) is 1.86. The lowest BCUT2D eigenvalue weighted by atomic mass is 9.58. The number of benzene rings is 1. The second-order valence-electron chi connectivity index (χ2n) is 6.91. The number of nitrogens with zero attached hydrogens (tertiary/aromatic N) is 1. The maximum absolute atomic E-state index is 13.1. The molecule has 1 heterocycles. The highest BCUT2D eigenvalue weighted by atomic mass is 16.5. The Hall–Kier alpha value is -1.99. The van der Waals surface area contributed by atoms with Crippen LogP contribution in [0.4, 0.5) is 0 Å². The Bertz CT molecular complexity index is 668. The smallest absolute Gasteiger partial charge is 0.257 e. The Morgan fingerprint density at radius 3 is 2.12 bits per heavy atom. The highest BCUT2D eigenvalue weighted by molar-refractivity contribution is 5.98. The number of amides is 1. The van der Waals surface area contributed by atoms with Crippen molar-refractivity contribution in [2.24, 2.45) is 5.41 Å². The van der Waals surface area contributed by atoms with E-state index in [-0.39, 0.29) is 23.5 Å². The summed E-state index contributed by atoms with van der Waals surface area (Å²) in [5, 5.41) is 10.2. The average Bonchev–Trinajstić information content (AvgIpc) is 2.70. The van der Waals surface area contributed by atoms with Crippen molar-refractivity contribution in [2.75, 3.05) is 41.5 Å². The van der Waals surface area contributed by atoms with Gasteiger partial charge in [-0.25, -0.2) is 0 Å². The van der Waals surface area contributed by atoms with Gasteiger partial charge in [-0.15, -0.1) is 0 Å². The van der Waals surface area contributed by atoms with Gasteiger partial charge < -0.3 is 29.0 Å². The molecule has 2 aliphatic rings. The first-order valence-electron chi connectivity index (χ1n) is 8.81. The van der Waals surface area contributed by atoms with Crippen molar-refractivity contribution in [1.29, 1.82) is 0 Å². The van der Waals surface area contributed by atoms with Crippen LogP contribution in [0.5, 0.6) is 17.2 Å². The van der Waals surface area contributed by atoms with E-state index in [0.717, 1.165) is 12.8 Å². The SMILES string of the molecule is COc1cc(OC)c(C(=O)N2CCC3(CC2)[C@H](O)C[C@@H]3OC)cc1OC. The molecular weight excluding hydrogens is 338 g/mol. The number of hydrogen-bond donors (Lipinski definition) is 1. The lowest BCUT2D eigenvalue weighted by Crippen LogP contribution is -2.62. The number of likely N-dealkylation sites (tertiary alicyclic amines) is 1. The van der Waals surface area contributed by atoms with Crippen molar-refractivity contribution in [3.05, 3.63) is 17.7 Å². The number of carbonyl (C=O) groups excluding carboxylic acids is 1. The molecule has 1 N–H and O–H groups in total. The van der Waals surface area contributed by atoms with Crippen molar-refractivity contribution in [3.63, 3.8) is 0 Å². The zero-order valence-corrected chi connectivity index (χ0v) is 15.8. The third-order valence-corrected chi connectivity index (χ3v) is 5.94. The molecule has 1 aliphatic carbocycles. The van der Waals surface area contributed by atoms with Gasteiger partial charge in [0.2, 0.25) is 0 Å². The molecule has 1 amide bonds. The molecule has 144 valence electrons. The summed E-state index contributed by atoms with van der Waals surface area (Å²) >= 11 is 0. The topological polar surface area (TPSA) is 77.5 Å².